The Kier molecular flexibility index (Phi) is 6.89. The first kappa shape index (κ1) is 16.0. The minimum Gasteiger partial charge on any atom is -0.355 e. The van der Waals surface area contributed by atoms with Gasteiger partial charge in [0.25, 0.3) is 0 Å². The fourth-order valence-corrected chi connectivity index (χ4v) is 1.90. The standard InChI is InChI=1S/C15H23ClN2O/c1-11(2)7-8-17-15(19)10-18-12(3)13-5-4-6-14(16)9-13/h4-6,9,11-12,18H,7-8,10H2,1-3H3,(H,17,19). The van der Waals surface area contributed by atoms with Crippen molar-refractivity contribution in [3.05, 3.63) is 34.9 Å². The van der Waals surface area contributed by atoms with E-state index in [9.17, 15) is 4.79 Å². The van der Waals surface area contributed by atoms with Crippen molar-refractivity contribution in [1.29, 1.82) is 0 Å². The van der Waals surface area contributed by atoms with Gasteiger partial charge < -0.3 is 10.6 Å². The molecule has 0 aliphatic carbocycles. The Hall–Kier alpha value is -1.06. The molecule has 3 nitrogen and oxygen atoms in total. The zero-order valence-electron chi connectivity index (χ0n) is 11.9. The summed E-state index contributed by atoms with van der Waals surface area (Å²) in [5.41, 5.74) is 1.09. The molecule has 0 saturated heterocycles. The first-order valence-corrected chi connectivity index (χ1v) is 7.12. The fraction of sp³-hybridized carbons (Fsp3) is 0.533. The molecule has 1 amide bonds. The maximum atomic E-state index is 11.6. The highest BCUT2D eigenvalue weighted by molar-refractivity contribution is 6.30. The second-order valence-corrected chi connectivity index (χ2v) is 5.63. The van der Waals surface area contributed by atoms with Gasteiger partial charge in [-0.25, -0.2) is 0 Å². The molecule has 0 heterocycles. The van der Waals surface area contributed by atoms with Crippen LogP contribution in [0.4, 0.5) is 0 Å². The summed E-state index contributed by atoms with van der Waals surface area (Å²) in [5.74, 6) is 0.646. The molecule has 0 radical (unpaired) electrons. The zero-order valence-corrected chi connectivity index (χ0v) is 12.6. The Morgan fingerprint density at radius 3 is 2.68 bits per heavy atom. The van der Waals surface area contributed by atoms with E-state index in [1.807, 2.05) is 31.2 Å². The SMILES string of the molecule is CC(C)CCNC(=O)CNC(C)c1cccc(Cl)c1. The van der Waals surface area contributed by atoms with Crippen molar-refractivity contribution in [1.82, 2.24) is 10.6 Å². The fourth-order valence-electron chi connectivity index (χ4n) is 1.70. The molecule has 0 saturated carbocycles. The third kappa shape index (κ3) is 6.60. The lowest BCUT2D eigenvalue weighted by molar-refractivity contribution is -0.120. The van der Waals surface area contributed by atoms with Gasteiger partial charge in [0.2, 0.25) is 5.91 Å². The molecule has 1 rings (SSSR count). The Balaban J connectivity index is 2.30. The van der Waals surface area contributed by atoms with E-state index in [1.54, 1.807) is 0 Å². The molecule has 0 spiro atoms. The summed E-state index contributed by atoms with van der Waals surface area (Å²) in [6, 6.07) is 7.78. The molecule has 2 N–H and O–H groups in total. The van der Waals surface area contributed by atoms with Gasteiger partial charge in [-0.1, -0.05) is 37.6 Å². The van der Waals surface area contributed by atoms with Gasteiger partial charge in [-0.15, -0.1) is 0 Å². The Bertz CT molecular complexity index is 407. The van der Waals surface area contributed by atoms with Crippen LogP contribution < -0.4 is 10.6 Å². The highest BCUT2D eigenvalue weighted by atomic mass is 35.5. The second kappa shape index (κ2) is 8.18. The lowest BCUT2D eigenvalue weighted by Crippen LogP contribution is -2.35. The van der Waals surface area contributed by atoms with E-state index in [4.69, 9.17) is 11.6 Å². The second-order valence-electron chi connectivity index (χ2n) is 5.19. The van der Waals surface area contributed by atoms with Crippen LogP contribution in [0, 0.1) is 5.92 Å². The van der Waals surface area contributed by atoms with Gasteiger partial charge in [0.1, 0.15) is 0 Å². The Morgan fingerprint density at radius 1 is 1.32 bits per heavy atom. The molecule has 1 aromatic rings. The summed E-state index contributed by atoms with van der Waals surface area (Å²) >= 11 is 5.94. The predicted molar refractivity (Wildman–Crippen MR) is 80.3 cm³/mol. The lowest BCUT2D eigenvalue weighted by atomic mass is 10.1. The van der Waals surface area contributed by atoms with Crippen molar-refractivity contribution in [2.24, 2.45) is 5.92 Å². The molecule has 1 aromatic carbocycles. The molecular formula is C15H23ClN2O. The van der Waals surface area contributed by atoms with E-state index in [1.165, 1.54) is 0 Å². The number of hydrogen-bond acceptors (Lipinski definition) is 2. The van der Waals surface area contributed by atoms with Crippen molar-refractivity contribution >= 4 is 17.5 Å². The number of nitrogens with one attached hydrogen (secondary N) is 2. The highest BCUT2D eigenvalue weighted by Gasteiger charge is 2.07. The molecule has 0 aliphatic heterocycles. The van der Waals surface area contributed by atoms with E-state index in [2.05, 4.69) is 24.5 Å². The van der Waals surface area contributed by atoms with Gasteiger partial charge >= 0.3 is 0 Å². The van der Waals surface area contributed by atoms with Crippen LogP contribution >= 0.6 is 11.6 Å². The summed E-state index contributed by atoms with van der Waals surface area (Å²) in [6.45, 7) is 7.37. The monoisotopic (exact) mass is 282 g/mol. The average Bonchev–Trinajstić information content (AvgIpc) is 2.35. The van der Waals surface area contributed by atoms with E-state index >= 15 is 0 Å². The van der Waals surface area contributed by atoms with Gasteiger partial charge in [-0.05, 0) is 37.0 Å². The smallest absolute Gasteiger partial charge is 0.233 e. The first-order chi connectivity index (χ1) is 8.99. The van der Waals surface area contributed by atoms with Gasteiger partial charge in [-0.3, -0.25) is 4.79 Å². The number of benzene rings is 1. The molecule has 106 valence electrons. The predicted octanol–water partition coefficient (Wildman–Crippen LogP) is 3.15. The number of halogens is 1. The van der Waals surface area contributed by atoms with Gasteiger partial charge in [0, 0.05) is 17.6 Å². The number of carbonyl (C=O) groups excluding carboxylic acids is 1. The molecular weight excluding hydrogens is 260 g/mol. The molecule has 0 aromatic heterocycles. The van der Waals surface area contributed by atoms with E-state index < -0.39 is 0 Å². The lowest BCUT2D eigenvalue weighted by Gasteiger charge is -2.14. The molecule has 4 heteroatoms. The summed E-state index contributed by atoms with van der Waals surface area (Å²) in [5, 5.41) is 6.81. The normalized spacial score (nSPS) is 12.5. The quantitative estimate of drug-likeness (QED) is 0.807. The van der Waals surface area contributed by atoms with Crippen LogP contribution in [0.3, 0.4) is 0 Å². The average molecular weight is 283 g/mol. The van der Waals surface area contributed by atoms with Gasteiger partial charge in [-0.2, -0.15) is 0 Å². The molecule has 1 atom stereocenters. The first-order valence-electron chi connectivity index (χ1n) is 6.74. The maximum Gasteiger partial charge on any atom is 0.233 e. The van der Waals surface area contributed by atoms with Gasteiger partial charge in [0.15, 0.2) is 0 Å². The number of rotatable bonds is 7. The molecule has 19 heavy (non-hydrogen) atoms. The minimum absolute atomic E-state index is 0.0366. The van der Waals surface area contributed by atoms with Crippen molar-refractivity contribution in [2.75, 3.05) is 13.1 Å². The number of carbonyl (C=O) groups is 1. The van der Waals surface area contributed by atoms with Crippen molar-refractivity contribution in [2.45, 2.75) is 33.2 Å². The van der Waals surface area contributed by atoms with Crippen LogP contribution in [-0.2, 0) is 4.79 Å². The van der Waals surface area contributed by atoms with Crippen molar-refractivity contribution in [3.63, 3.8) is 0 Å². The molecule has 0 bridgehead atoms. The van der Waals surface area contributed by atoms with Crippen molar-refractivity contribution < 1.29 is 4.79 Å². The summed E-state index contributed by atoms with van der Waals surface area (Å²) in [7, 11) is 0. The molecule has 0 aliphatic rings. The minimum atomic E-state index is 0.0366. The van der Waals surface area contributed by atoms with Crippen molar-refractivity contribution in [3.8, 4) is 0 Å². The van der Waals surface area contributed by atoms with E-state index in [0.717, 1.165) is 18.5 Å². The van der Waals surface area contributed by atoms with Crippen LogP contribution in [0.2, 0.25) is 5.02 Å². The number of hydrogen-bond donors (Lipinski definition) is 2. The molecule has 1 unspecified atom stereocenters. The maximum absolute atomic E-state index is 11.6. The Morgan fingerprint density at radius 2 is 2.05 bits per heavy atom. The van der Waals surface area contributed by atoms with E-state index in [-0.39, 0.29) is 11.9 Å². The molecule has 0 fully saturated rings. The zero-order chi connectivity index (χ0) is 14.3. The van der Waals surface area contributed by atoms with Crippen LogP contribution in [0.25, 0.3) is 0 Å². The highest BCUT2D eigenvalue weighted by Crippen LogP contribution is 2.16. The van der Waals surface area contributed by atoms with Crippen LogP contribution in [0.5, 0.6) is 0 Å². The van der Waals surface area contributed by atoms with E-state index in [0.29, 0.717) is 17.5 Å². The topological polar surface area (TPSA) is 41.1 Å². The number of amides is 1. The largest absolute Gasteiger partial charge is 0.355 e. The summed E-state index contributed by atoms with van der Waals surface area (Å²) < 4.78 is 0. The van der Waals surface area contributed by atoms with Crippen LogP contribution in [0.15, 0.2) is 24.3 Å². The summed E-state index contributed by atoms with van der Waals surface area (Å²) in [4.78, 5) is 11.6. The Labute approximate surface area is 120 Å². The van der Waals surface area contributed by atoms with Gasteiger partial charge in [0.05, 0.1) is 6.54 Å². The van der Waals surface area contributed by atoms with Crippen LogP contribution in [-0.4, -0.2) is 19.0 Å². The third-order valence-electron chi connectivity index (χ3n) is 2.96. The third-order valence-corrected chi connectivity index (χ3v) is 3.20. The van der Waals surface area contributed by atoms with Crippen LogP contribution in [0.1, 0.15) is 38.8 Å². The summed E-state index contributed by atoms with van der Waals surface area (Å²) in [6.07, 6.45) is 1.01.